The summed E-state index contributed by atoms with van der Waals surface area (Å²) < 4.78 is 23.3. The number of aromatic nitrogens is 10. The maximum Gasteiger partial charge on any atom is 0.257 e. The van der Waals surface area contributed by atoms with E-state index < -0.39 is 0 Å². The van der Waals surface area contributed by atoms with Crippen molar-refractivity contribution in [2.75, 3.05) is 31.6 Å². The standard InChI is InChI=1S/C33H39N13O3/c1-23(19-45-22-37-41-42-45)49-31-15-24(3-4-25(31)16-34)26-17-35-33(36-18-26)39-30-20-46(40-32(30)48-21-29-9-10-38-43(29)2)28-7-5-27(6-8-28)44-11-13-47-14-12-44/h3-4,9-10,15,17-18,20,22-23,27-28H,5-8,11-14,19,21H2,1-2H3,(H,35,36,39). The molecule has 49 heavy (non-hydrogen) atoms. The van der Waals surface area contributed by atoms with Crippen molar-refractivity contribution < 1.29 is 14.2 Å². The lowest BCUT2D eigenvalue weighted by atomic mass is 9.90. The first-order valence-corrected chi connectivity index (χ1v) is 16.5. The predicted molar refractivity (Wildman–Crippen MR) is 177 cm³/mol. The molecule has 16 heteroatoms. The Bertz CT molecular complexity index is 1850. The van der Waals surface area contributed by atoms with Crippen LogP contribution in [0.15, 0.2) is 55.4 Å². The predicted octanol–water partition coefficient (Wildman–Crippen LogP) is 3.54. The second-order valence-corrected chi connectivity index (χ2v) is 12.4. The Balaban J connectivity index is 1.05. The van der Waals surface area contributed by atoms with Crippen LogP contribution in [0.5, 0.6) is 11.6 Å². The van der Waals surface area contributed by atoms with E-state index in [0.717, 1.165) is 68.8 Å². The molecule has 1 aliphatic heterocycles. The first kappa shape index (κ1) is 32.2. The zero-order chi connectivity index (χ0) is 33.6. The maximum absolute atomic E-state index is 9.68. The van der Waals surface area contributed by atoms with Crippen molar-refractivity contribution in [2.45, 2.75) is 63.9 Å². The molecule has 0 bridgehead atoms. The molecule has 7 rings (SSSR count). The Hall–Kier alpha value is -5.40. The average molecular weight is 666 g/mol. The minimum atomic E-state index is -0.274. The Morgan fingerprint density at radius 1 is 1.06 bits per heavy atom. The van der Waals surface area contributed by atoms with Gasteiger partial charge in [-0.3, -0.25) is 14.3 Å². The van der Waals surface area contributed by atoms with Crippen molar-refractivity contribution in [3.63, 3.8) is 0 Å². The van der Waals surface area contributed by atoms with E-state index in [4.69, 9.17) is 19.3 Å². The lowest BCUT2D eigenvalue weighted by Gasteiger charge is -2.38. The van der Waals surface area contributed by atoms with E-state index in [9.17, 15) is 5.26 Å². The molecule has 2 aliphatic rings. The third-order valence-corrected chi connectivity index (χ3v) is 9.08. The number of tetrazole rings is 1. The van der Waals surface area contributed by atoms with Crippen LogP contribution in [0.2, 0.25) is 0 Å². The van der Waals surface area contributed by atoms with Crippen LogP contribution in [0.4, 0.5) is 11.6 Å². The Labute approximate surface area is 283 Å². The van der Waals surface area contributed by atoms with Crippen LogP contribution in [0.3, 0.4) is 0 Å². The molecule has 2 fully saturated rings. The van der Waals surface area contributed by atoms with Gasteiger partial charge in [-0.2, -0.15) is 10.4 Å². The molecule has 4 aromatic heterocycles. The minimum Gasteiger partial charge on any atom is -0.487 e. The van der Waals surface area contributed by atoms with E-state index in [1.165, 1.54) is 6.33 Å². The highest BCUT2D eigenvalue weighted by molar-refractivity contribution is 5.67. The maximum atomic E-state index is 9.68. The first-order valence-electron chi connectivity index (χ1n) is 16.5. The molecular formula is C33H39N13O3. The molecule has 1 saturated carbocycles. The SMILES string of the molecule is CC(Cn1cnnn1)Oc1cc(-c2cnc(Nc3cn(C4CCC(N5CCOCC5)CC4)nc3OCc3ccnn3C)nc2)ccc1C#N. The van der Waals surface area contributed by atoms with Crippen LogP contribution in [0.1, 0.15) is 49.9 Å². The normalized spacial score (nSPS) is 18.9. The summed E-state index contributed by atoms with van der Waals surface area (Å²) in [6.07, 6.45) is 12.8. The van der Waals surface area contributed by atoms with Gasteiger partial charge in [0.2, 0.25) is 5.95 Å². The topological polar surface area (TPSA) is 172 Å². The summed E-state index contributed by atoms with van der Waals surface area (Å²) in [5.41, 5.74) is 3.64. The van der Waals surface area contributed by atoms with E-state index in [0.29, 0.717) is 48.0 Å². The summed E-state index contributed by atoms with van der Waals surface area (Å²) in [6.45, 7) is 6.32. The number of hydrogen-bond acceptors (Lipinski definition) is 13. The highest BCUT2D eigenvalue weighted by atomic mass is 16.5. The third kappa shape index (κ3) is 7.68. The Kier molecular flexibility index (Phi) is 9.71. The summed E-state index contributed by atoms with van der Waals surface area (Å²) in [7, 11) is 1.89. The van der Waals surface area contributed by atoms with E-state index in [1.54, 1.807) is 34.0 Å². The van der Waals surface area contributed by atoms with Gasteiger partial charge in [0.15, 0.2) is 0 Å². The summed E-state index contributed by atoms with van der Waals surface area (Å²) in [5.74, 6) is 1.35. The number of anilines is 2. The summed E-state index contributed by atoms with van der Waals surface area (Å²) in [4.78, 5) is 11.8. The molecule has 1 aliphatic carbocycles. The van der Waals surface area contributed by atoms with Crippen molar-refractivity contribution in [3.8, 4) is 28.8 Å². The molecule has 1 aromatic carbocycles. The summed E-state index contributed by atoms with van der Waals surface area (Å²) >= 11 is 0. The molecule has 1 saturated heterocycles. The van der Waals surface area contributed by atoms with Crippen LogP contribution < -0.4 is 14.8 Å². The fraction of sp³-hybridized carbons (Fsp3) is 0.455. The number of hydrogen-bond donors (Lipinski definition) is 1. The molecule has 16 nitrogen and oxygen atoms in total. The fourth-order valence-corrected chi connectivity index (χ4v) is 6.41. The second-order valence-electron chi connectivity index (χ2n) is 12.4. The molecule has 5 aromatic rings. The molecular weight excluding hydrogens is 626 g/mol. The van der Waals surface area contributed by atoms with Gasteiger partial charge in [0, 0.05) is 50.3 Å². The zero-order valence-electron chi connectivity index (χ0n) is 27.6. The quantitative estimate of drug-likeness (QED) is 0.205. The number of ether oxygens (including phenoxy) is 3. The van der Waals surface area contributed by atoms with Gasteiger partial charge in [0.25, 0.3) is 5.88 Å². The number of morpholine rings is 1. The largest absolute Gasteiger partial charge is 0.487 e. The van der Waals surface area contributed by atoms with Gasteiger partial charge in [0.1, 0.15) is 36.5 Å². The van der Waals surface area contributed by atoms with E-state index in [2.05, 4.69) is 46.9 Å². The summed E-state index contributed by atoms with van der Waals surface area (Å²) in [6, 6.07) is 10.4. The van der Waals surface area contributed by atoms with Crippen molar-refractivity contribution in [2.24, 2.45) is 7.05 Å². The van der Waals surface area contributed by atoms with Crippen LogP contribution in [-0.4, -0.2) is 93.1 Å². The average Bonchev–Trinajstić information content (AvgIpc) is 3.90. The van der Waals surface area contributed by atoms with Gasteiger partial charge in [-0.15, -0.1) is 10.2 Å². The van der Waals surface area contributed by atoms with E-state index >= 15 is 0 Å². The number of benzene rings is 1. The molecule has 0 spiro atoms. The highest BCUT2D eigenvalue weighted by Gasteiger charge is 2.29. The van der Waals surface area contributed by atoms with Crippen LogP contribution in [0.25, 0.3) is 11.1 Å². The van der Waals surface area contributed by atoms with Gasteiger partial charge in [-0.25, -0.2) is 14.6 Å². The number of nitrogens with one attached hydrogen (secondary N) is 1. The summed E-state index contributed by atoms with van der Waals surface area (Å²) in [5, 5.41) is 33.4. The van der Waals surface area contributed by atoms with Crippen LogP contribution >= 0.6 is 0 Å². The van der Waals surface area contributed by atoms with Gasteiger partial charge in [-0.05, 0) is 66.8 Å². The molecule has 1 atom stereocenters. The van der Waals surface area contributed by atoms with E-state index in [1.807, 2.05) is 43.0 Å². The Morgan fingerprint density at radius 2 is 1.86 bits per heavy atom. The third-order valence-electron chi connectivity index (χ3n) is 9.08. The lowest BCUT2D eigenvalue weighted by Crippen LogP contribution is -2.45. The number of rotatable bonds is 12. The number of nitrogens with zero attached hydrogens (tertiary/aromatic N) is 12. The molecule has 1 N–H and O–H groups in total. The molecule has 254 valence electrons. The Morgan fingerprint density at radius 3 is 2.57 bits per heavy atom. The van der Waals surface area contributed by atoms with Crippen LogP contribution in [0, 0.1) is 11.3 Å². The van der Waals surface area contributed by atoms with Crippen molar-refractivity contribution >= 4 is 11.6 Å². The molecule has 0 amide bonds. The van der Waals surface area contributed by atoms with Gasteiger partial charge in [-0.1, -0.05) is 6.07 Å². The smallest absolute Gasteiger partial charge is 0.257 e. The number of aryl methyl sites for hydroxylation is 1. The van der Waals surface area contributed by atoms with Gasteiger partial charge < -0.3 is 19.5 Å². The van der Waals surface area contributed by atoms with Crippen molar-refractivity contribution in [1.29, 1.82) is 5.26 Å². The number of nitriles is 1. The van der Waals surface area contributed by atoms with Gasteiger partial charge >= 0.3 is 0 Å². The van der Waals surface area contributed by atoms with E-state index in [-0.39, 0.29) is 12.1 Å². The lowest BCUT2D eigenvalue weighted by molar-refractivity contribution is 0.00502. The fourth-order valence-electron chi connectivity index (χ4n) is 6.41. The molecule has 1 unspecified atom stereocenters. The van der Waals surface area contributed by atoms with Gasteiger partial charge in [0.05, 0.1) is 43.3 Å². The van der Waals surface area contributed by atoms with Crippen molar-refractivity contribution in [3.05, 3.63) is 66.6 Å². The zero-order valence-corrected chi connectivity index (χ0v) is 27.6. The first-order chi connectivity index (χ1) is 24.0. The van der Waals surface area contributed by atoms with Crippen molar-refractivity contribution in [1.82, 2.24) is 54.6 Å². The minimum absolute atomic E-state index is 0.274. The monoisotopic (exact) mass is 665 g/mol. The van der Waals surface area contributed by atoms with Crippen LogP contribution in [-0.2, 0) is 24.9 Å². The molecule has 0 radical (unpaired) electrons. The second kappa shape index (κ2) is 14.8. The molecule has 5 heterocycles. The highest BCUT2D eigenvalue weighted by Crippen LogP contribution is 2.35.